The Labute approximate surface area is 203 Å². The van der Waals surface area contributed by atoms with Crippen LogP contribution in [0.15, 0.2) is 54.7 Å². The summed E-state index contributed by atoms with van der Waals surface area (Å²) in [4.78, 5) is 49.6. The van der Waals surface area contributed by atoms with E-state index in [0.29, 0.717) is 16.8 Å². The Hall–Kier alpha value is -4.14. The molecule has 1 heterocycles. The van der Waals surface area contributed by atoms with Crippen molar-refractivity contribution < 1.29 is 28.7 Å². The van der Waals surface area contributed by atoms with E-state index in [9.17, 15) is 19.2 Å². The second-order valence-electron chi connectivity index (χ2n) is 9.04. The van der Waals surface area contributed by atoms with Gasteiger partial charge in [-0.25, -0.2) is 9.59 Å². The van der Waals surface area contributed by atoms with Gasteiger partial charge in [-0.15, -0.1) is 0 Å². The standard InChI is InChI=1S/C26H29N3O6/c1-16(30)27-19-10-8-9-17(13-19)23(31)28-21(24(32)34-5)14-18-15-29(25(33)35-26(2,3)4)22-12-7-6-11-20(18)22/h6-13,15,21H,14H2,1-5H3,(H,27,30)(H,28,31)/t21-/m0/s1. The van der Waals surface area contributed by atoms with Gasteiger partial charge < -0.3 is 20.1 Å². The number of hydrogen-bond donors (Lipinski definition) is 2. The van der Waals surface area contributed by atoms with Gasteiger partial charge in [0.2, 0.25) is 5.91 Å². The number of amides is 2. The van der Waals surface area contributed by atoms with Gasteiger partial charge in [0.25, 0.3) is 5.91 Å². The summed E-state index contributed by atoms with van der Waals surface area (Å²) in [6, 6.07) is 12.6. The lowest BCUT2D eigenvalue weighted by Gasteiger charge is -2.19. The van der Waals surface area contributed by atoms with Crippen LogP contribution in [0.4, 0.5) is 10.5 Å². The van der Waals surface area contributed by atoms with Crippen LogP contribution in [0.3, 0.4) is 0 Å². The normalized spacial score (nSPS) is 12.0. The minimum Gasteiger partial charge on any atom is -0.467 e. The van der Waals surface area contributed by atoms with Crippen LogP contribution in [0.5, 0.6) is 0 Å². The Bertz CT molecular complexity index is 1270. The van der Waals surface area contributed by atoms with Gasteiger partial charge >= 0.3 is 12.1 Å². The number of hydrogen-bond acceptors (Lipinski definition) is 6. The van der Waals surface area contributed by atoms with Crippen LogP contribution in [0.25, 0.3) is 10.9 Å². The first-order chi connectivity index (χ1) is 16.5. The molecule has 0 unspecified atom stereocenters. The van der Waals surface area contributed by atoms with Gasteiger partial charge in [-0.05, 0) is 50.6 Å². The highest BCUT2D eigenvalue weighted by molar-refractivity contribution is 5.99. The molecule has 0 radical (unpaired) electrons. The van der Waals surface area contributed by atoms with Gasteiger partial charge in [0.15, 0.2) is 0 Å². The lowest BCUT2D eigenvalue weighted by atomic mass is 10.0. The third kappa shape index (κ3) is 6.47. The molecular formula is C26H29N3O6. The van der Waals surface area contributed by atoms with Gasteiger partial charge in [-0.2, -0.15) is 0 Å². The van der Waals surface area contributed by atoms with E-state index in [1.807, 2.05) is 12.1 Å². The van der Waals surface area contributed by atoms with E-state index < -0.39 is 29.6 Å². The largest absolute Gasteiger partial charge is 0.467 e. The molecular weight excluding hydrogens is 450 g/mol. The maximum Gasteiger partial charge on any atom is 0.419 e. The predicted molar refractivity (Wildman–Crippen MR) is 131 cm³/mol. The van der Waals surface area contributed by atoms with E-state index in [-0.39, 0.29) is 17.9 Å². The average molecular weight is 480 g/mol. The molecule has 0 aliphatic heterocycles. The first-order valence-corrected chi connectivity index (χ1v) is 11.1. The number of rotatable bonds is 6. The summed E-state index contributed by atoms with van der Waals surface area (Å²) in [7, 11) is 1.24. The fraction of sp³-hybridized carbons (Fsp3) is 0.308. The summed E-state index contributed by atoms with van der Waals surface area (Å²) < 4.78 is 11.8. The zero-order valence-corrected chi connectivity index (χ0v) is 20.4. The monoisotopic (exact) mass is 479 g/mol. The minimum absolute atomic E-state index is 0.0834. The first kappa shape index (κ1) is 25.5. The fourth-order valence-corrected chi connectivity index (χ4v) is 3.61. The molecule has 0 saturated heterocycles. The van der Waals surface area contributed by atoms with E-state index in [2.05, 4.69) is 10.6 Å². The molecule has 0 bridgehead atoms. The molecule has 9 nitrogen and oxygen atoms in total. The Balaban J connectivity index is 1.90. The van der Waals surface area contributed by atoms with E-state index >= 15 is 0 Å². The Kier molecular flexibility index (Phi) is 7.58. The number of esters is 1. The lowest BCUT2D eigenvalue weighted by molar-refractivity contribution is -0.142. The number of para-hydroxylation sites is 1. The molecule has 3 rings (SSSR count). The van der Waals surface area contributed by atoms with Gasteiger partial charge in [0.05, 0.1) is 12.6 Å². The zero-order chi connectivity index (χ0) is 25.8. The van der Waals surface area contributed by atoms with Crippen molar-refractivity contribution in [1.82, 2.24) is 9.88 Å². The van der Waals surface area contributed by atoms with Crippen LogP contribution in [-0.2, 0) is 25.5 Å². The maximum atomic E-state index is 12.9. The zero-order valence-electron chi connectivity index (χ0n) is 20.4. The topological polar surface area (TPSA) is 116 Å². The van der Waals surface area contributed by atoms with Crippen LogP contribution >= 0.6 is 0 Å². The maximum absolute atomic E-state index is 12.9. The molecule has 0 aliphatic rings. The quantitative estimate of drug-likeness (QED) is 0.518. The molecule has 0 saturated carbocycles. The number of nitrogens with one attached hydrogen (secondary N) is 2. The van der Waals surface area contributed by atoms with E-state index in [0.717, 1.165) is 5.39 Å². The molecule has 1 atom stereocenters. The number of aromatic nitrogens is 1. The molecule has 2 aromatic carbocycles. The Morgan fingerprint density at radius 1 is 1.03 bits per heavy atom. The third-order valence-corrected chi connectivity index (χ3v) is 5.04. The second-order valence-corrected chi connectivity index (χ2v) is 9.04. The molecule has 9 heteroatoms. The number of methoxy groups -OCH3 is 1. The Morgan fingerprint density at radius 3 is 2.40 bits per heavy atom. The van der Waals surface area contributed by atoms with Gasteiger partial charge in [0.1, 0.15) is 11.6 Å². The van der Waals surface area contributed by atoms with E-state index in [1.54, 1.807) is 57.3 Å². The second kappa shape index (κ2) is 10.4. The minimum atomic E-state index is -1.02. The number of ether oxygens (including phenoxy) is 2. The summed E-state index contributed by atoms with van der Waals surface area (Å²) in [5.41, 5.74) is 1.32. The highest BCUT2D eigenvalue weighted by atomic mass is 16.6. The molecule has 0 spiro atoms. The van der Waals surface area contributed by atoms with Crippen molar-refractivity contribution in [2.75, 3.05) is 12.4 Å². The highest BCUT2D eigenvalue weighted by Gasteiger charge is 2.26. The number of anilines is 1. The number of fused-ring (bicyclic) bond motifs is 1. The van der Waals surface area contributed by atoms with Crippen LogP contribution in [-0.4, -0.2) is 47.2 Å². The number of nitrogens with zero attached hydrogens (tertiary/aromatic N) is 1. The third-order valence-electron chi connectivity index (χ3n) is 5.04. The molecule has 0 fully saturated rings. The summed E-state index contributed by atoms with van der Waals surface area (Å²) >= 11 is 0. The van der Waals surface area contributed by atoms with Crippen molar-refractivity contribution in [2.24, 2.45) is 0 Å². The number of benzene rings is 2. The average Bonchev–Trinajstić information content (AvgIpc) is 3.15. The SMILES string of the molecule is COC(=O)[C@H](Cc1cn(C(=O)OC(C)(C)C)c2ccccc12)NC(=O)c1cccc(NC(C)=O)c1. The van der Waals surface area contributed by atoms with Crippen molar-refractivity contribution in [2.45, 2.75) is 45.8 Å². The van der Waals surface area contributed by atoms with Gasteiger partial charge in [-0.1, -0.05) is 24.3 Å². The van der Waals surface area contributed by atoms with Crippen molar-refractivity contribution >= 4 is 40.5 Å². The van der Waals surface area contributed by atoms with Gasteiger partial charge in [0, 0.05) is 36.2 Å². The van der Waals surface area contributed by atoms with Crippen molar-refractivity contribution in [3.05, 3.63) is 65.9 Å². The summed E-state index contributed by atoms with van der Waals surface area (Å²) in [5.74, 6) is -1.41. The summed E-state index contributed by atoms with van der Waals surface area (Å²) in [6.07, 6.45) is 1.15. The fourth-order valence-electron chi connectivity index (χ4n) is 3.61. The number of carbonyl (C=O) groups is 4. The summed E-state index contributed by atoms with van der Waals surface area (Å²) in [6.45, 7) is 6.71. The lowest BCUT2D eigenvalue weighted by Crippen LogP contribution is -2.43. The van der Waals surface area contributed by atoms with Crippen LogP contribution in [0.2, 0.25) is 0 Å². The molecule has 0 aliphatic carbocycles. The van der Waals surface area contributed by atoms with E-state index in [4.69, 9.17) is 9.47 Å². The molecule has 2 N–H and O–H groups in total. The molecule has 2 amide bonds. The molecule has 184 valence electrons. The molecule has 35 heavy (non-hydrogen) atoms. The van der Waals surface area contributed by atoms with Crippen LogP contribution in [0.1, 0.15) is 43.6 Å². The van der Waals surface area contributed by atoms with Crippen molar-refractivity contribution in [3.63, 3.8) is 0 Å². The van der Waals surface area contributed by atoms with Gasteiger partial charge in [-0.3, -0.25) is 14.2 Å². The van der Waals surface area contributed by atoms with Crippen LogP contribution in [0, 0.1) is 0 Å². The van der Waals surface area contributed by atoms with Crippen LogP contribution < -0.4 is 10.6 Å². The smallest absolute Gasteiger partial charge is 0.419 e. The first-order valence-electron chi connectivity index (χ1n) is 11.1. The molecule has 1 aromatic heterocycles. The Morgan fingerprint density at radius 2 is 1.74 bits per heavy atom. The highest BCUT2D eigenvalue weighted by Crippen LogP contribution is 2.24. The van der Waals surface area contributed by atoms with Crippen molar-refractivity contribution in [1.29, 1.82) is 0 Å². The van der Waals surface area contributed by atoms with E-state index in [1.165, 1.54) is 24.7 Å². The summed E-state index contributed by atoms with van der Waals surface area (Å²) in [5, 5.41) is 6.07. The predicted octanol–water partition coefficient (Wildman–Crippen LogP) is 3.90. The number of carbonyl (C=O) groups excluding carboxylic acids is 4. The molecule has 3 aromatic rings. The van der Waals surface area contributed by atoms with Crippen molar-refractivity contribution in [3.8, 4) is 0 Å².